The third-order valence-electron chi connectivity index (χ3n) is 2.74. The smallest absolute Gasteiger partial charge is 0.00768 e. The van der Waals surface area contributed by atoms with Crippen molar-refractivity contribution in [3.63, 3.8) is 0 Å². The Balaban J connectivity index is 2.05. The van der Waals surface area contributed by atoms with Crippen LogP contribution in [0.25, 0.3) is 0 Å². The van der Waals surface area contributed by atoms with Crippen molar-refractivity contribution in [1.29, 1.82) is 0 Å². The topological polar surface area (TPSA) is 24.1 Å². The van der Waals surface area contributed by atoms with Crippen LogP contribution in [0.4, 0.5) is 0 Å². The molecule has 90 valence electrons. The molecular formula is C14H24N2. The predicted molar refractivity (Wildman–Crippen MR) is 70.9 cm³/mol. The van der Waals surface area contributed by atoms with Gasteiger partial charge in [-0.3, -0.25) is 0 Å². The zero-order valence-electron chi connectivity index (χ0n) is 10.6. The summed E-state index contributed by atoms with van der Waals surface area (Å²) in [4.78, 5) is 0. The molecule has 0 atom stereocenters. The maximum absolute atomic E-state index is 3.46. The summed E-state index contributed by atoms with van der Waals surface area (Å²) in [5, 5.41) is 6.84. The van der Waals surface area contributed by atoms with Gasteiger partial charge in [-0.25, -0.2) is 0 Å². The predicted octanol–water partition coefficient (Wildman–Crippen LogP) is 2.13. The minimum Gasteiger partial charge on any atom is -0.315 e. The van der Waals surface area contributed by atoms with Crippen molar-refractivity contribution in [3.05, 3.63) is 35.4 Å². The van der Waals surface area contributed by atoms with Gasteiger partial charge >= 0.3 is 0 Å². The first-order chi connectivity index (χ1) is 7.84. The lowest BCUT2D eigenvalue weighted by Crippen LogP contribution is -2.29. The lowest BCUT2D eigenvalue weighted by Gasteiger charge is -2.07. The Bertz CT molecular complexity index is 284. The van der Waals surface area contributed by atoms with Gasteiger partial charge in [-0.15, -0.1) is 0 Å². The second-order valence-electron chi connectivity index (χ2n) is 4.18. The summed E-state index contributed by atoms with van der Waals surface area (Å²) in [7, 11) is 0. The first-order valence-electron chi connectivity index (χ1n) is 6.30. The average Bonchev–Trinajstić information content (AvgIpc) is 2.30. The molecule has 0 aliphatic carbocycles. The summed E-state index contributed by atoms with van der Waals surface area (Å²) in [6.45, 7) is 8.70. The van der Waals surface area contributed by atoms with Crippen molar-refractivity contribution >= 4 is 0 Å². The zero-order chi connectivity index (χ0) is 11.6. The van der Waals surface area contributed by atoms with Crippen molar-refractivity contribution in [2.24, 2.45) is 0 Å². The molecule has 2 heteroatoms. The van der Waals surface area contributed by atoms with E-state index in [1.54, 1.807) is 0 Å². The number of hydrogen-bond acceptors (Lipinski definition) is 2. The minimum atomic E-state index is 1.06. The molecule has 0 radical (unpaired) electrons. The van der Waals surface area contributed by atoms with Gasteiger partial charge in [-0.2, -0.15) is 0 Å². The molecule has 1 aromatic rings. The molecule has 0 fully saturated rings. The molecule has 0 unspecified atom stereocenters. The van der Waals surface area contributed by atoms with E-state index in [4.69, 9.17) is 0 Å². The number of benzene rings is 1. The summed E-state index contributed by atoms with van der Waals surface area (Å²) in [6, 6.07) is 8.61. The fourth-order valence-electron chi connectivity index (χ4n) is 1.72. The molecule has 0 saturated carbocycles. The third kappa shape index (κ3) is 5.29. The Hall–Kier alpha value is -0.860. The standard InChI is InChI=1S/C14H24N2/c1-3-9-15-11-12-16-10-8-14-7-5-4-6-13(14)2/h4-7,15-16H,3,8-12H2,1-2H3. The molecule has 0 aliphatic heterocycles. The molecule has 16 heavy (non-hydrogen) atoms. The molecule has 0 aromatic heterocycles. The Kier molecular flexibility index (Phi) is 6.86. The Morgan fingerprint density at radius 1 is 0.938 bits per heavy atom. The number of rotatable bonds is 8. The van der Waals surface area contributed by atoms with Crippen molar-refractivity contribution < 1.29 is 0 Å². The molecule has 2 N–H and O–H groups in total. The van der Waals surface area contributed by atoms with Crippen LogP contribution in [0, 0.1) is 6.92 Å². The molecule has 0 aliphatic rings. The van der Waals surface area contributed by atoms with Crippen LogP contribution >= 0.6 is 0 Å². The summed E-state index contributed by atoms with van der Waals surface area (Å²) >= 11 is 0. The normalized spacial score (nSPS) is 10.6. The fourth-order valence-corrected chi connectivity index (χ4v) is 1.72. The van der Waals surface area contributed by atoms with Gasteiger partial charge in [0.25, 0.3) is 0 Å². The quantitative estimate of drug-likeness (QED) is 0.656. The van der Waals surface area contributed by atoms with Gasteiger partial charge in [-0.1, -0.05) is 31.2 Å². The molecule has 0 heterocycles. The van der Waals surface area contributed by atoms with Crippen LogP contribution in [0.1, 0.15) is 24.5 Å². The van der Waals surface area contributed by atoms with Gasteiger partial charge in [0.2, 0.25) is 0 Å². The van der Waals surface area contributed by atoms with Crippen LogP contribution in [0.5, 0.6) is 0 Å². The Labute approximate surface area is 99.5 Å². The van der Waals surface area contributed by atoms with E-state index < -0.39 is 0 Å². The Morgan fingerprint density at radius 2 is 1.62 bits per heavy atom. The largest absolute Gasteiger partial charge is 0.315 e. The lowest BCUT2D eigenvalue weighted by atomic mass is 10.1. The molecule has 2 nitrogen and oxygen atoms in total. The highest BCUT2D eigenvalue weighted by Gasteiger charge is 1.95. The van der Waals surface area contributed by atoms with Gasteiger partial charge in [0.1, 0.15) is 0 Å². The van der Waals surface area contributed by atoms with E-state index in [2.05, 4.69) is 48.7 Å². The maximum atomic E-state index is 3.46. The van der Waals surface area contributed by atoms with E-state index in [0.29, 0.717) is 0 Å². The molecule has 0 saturated heterocycles. The van der Waals surface area contributed by atoms with Gasteiger partial charge in [-0.05, 0) is 44.0 Å². The molecule has 1 aromatic carbocycles. The highest BCUT2D eigenvalue weighted by atomic mass is 14.9. The van der Waals surface area contributed by atoms with Gasteiger partial charge < -0.3 is 10.6 Å². The van der Waals surface area contributed by atoms with Crippen LogP contribution < -0.4 is 10.6 Å². The highest BCUT2D eigenvalue weighted by Crippen LogP contribution is 2.06. The molecule has 0 bridgehead atoms. The molecule has 0 spiro atoms. The van der Waals surface area contributed by atoms with E-state index in [-0.39, 0.29) is 0 Å². The van der Waals surface area contributed by atoms with Crippen LogP contribution in [-0.4, -0.2) is 26.2 Å². The van der Waals surface area contributed by atoms with Crippen molar-refractivity contribution in [2.75, 3.05) is 26.2 Å². The van der Waals surface area contributed by atoms with E-state index in [1.807, 2.05) is 0 Å². The second kappa shape index (κ2) is 8.31. The van der Waals surface area contributed by atoms with Crippen molar-refractivity contribution in [2.45, 2.75) is 26.7 Å². The Morgan fingerprint density at radius 3 is 2.31 bits per heavy atom. The van der Waals surface area contributed by atoms with E-state index >= 15 is 0 Å². The van der Waals surface area contributed by atoms with Crippen LogP contribution in [0.15, 0.2) is 24.3 Å². The average molecular weight is 220 g/mol. The third-order valence-corrected chi connectivity index (χ3v) is 2.74. The zero-order valence-corrected chi connectivity index (χ0v) is 10.6. The van der Waals surface area contributed by atoms with Crippen LogP contribution in [-0.2, 0) is 6.42 Å². The lowest BCUT2D eigenvalue weighted by molar-refractivity contribution is 0.606. The number of hydrogen-bond donors (Lipinski definition) is 2. The molecule has 1 rings (SSSR count). The number of nitrogens with one attached hydrogen (secondary N) is 2. The van der Waals surface area contributed by atoms with E-state index in [0.717, 1.165) is 32.6 Å². The minimum absolute atomic E-state index is 1.06. The summed E-state index contributed by atoms with van der Waals surface area (Å²) < 4.78 is 0. The first kappa shape index (κ1) is 13.2. The summed E-state index contributed by atoms with van der Waals surface area (Å²) in [5.41, 5.74) is 2.85. The molecular weight excluding hydrogens is 196 g/mol. The monoisotopic (exact) mass is 220 g/mol. The highest BCUT2D eigenvalue weighted by molar-refractivity contribution is 5.25. The number of aryl methyl sites for hydroxylation is 1. The molecule has 0 amide bonds. The first-order valence-corrected chi connectivity index (χ1v) is 6.30. The van der Waals surface area contributed by atoms with Crippen LogP contribution in [0.2, 0.25) is 0 Å². The van der Waals surface area contributed by atoms with Gasteiger partial charge in [0.05, 0.1) is 0 Å². The summed E-state index contributed by atoms with van der Waals surface area (Å²) in [6.07, 6.45) is 2.34. The van der Waals surface area contributed by atoms with E-state index in [9.17, 15) is 0 Å². The van der Waals surface area contributed by atoms with Crippen LogP contribution in [0.3, 0.4) is 0 Å². The van der Waals surface area contributed by atoms with Crippen molar-refractivity contribution in [1.82, 2.24) is 10.6 Å². The maximum Gasteiger partial charge on any atom is 0.00768 e. The fraction of sp³-hybridized carbons (Fsp3) is 0.571. The van der Waals surface area contributed by atoms with Gasteiger partial charge in [0.15, 0.2) is 0 Å². The van der Waals surface area contributed by atoms with E-state index in [1.165, 1.54) is 17.5 Å². The SMILES string of the molecule is CCCNCCNCCc1ccccc1C. The van der Waals surface area contributed by atoms with Crippen molar-refractivity contribution in [3.8, 4) is 0 Å². The summed E-state index contributed by atoms with van der Waals surface area (Å²) in [5.74, 6) is 0. The van der Waals surface area contributed by atoms with Gasteiger partial charge in [0, 0.05) is 13.1 Å². The second-order valence-corrected chi connectivity index (χ2v) is 4.18.